The standard InChI is InChI=1S/C18H14ClF3N4OS2/c1-28-26(29-2)16-14(19)9-11(10-25-16)15-17(24-8-7-23-15)27-13-5-3-12(4-6-13)18(20,21)22/h3-10H,1-2H3. The molecule has 0 spiro atoms. The Hall–Kier alpha value is -2.17. The van der Waals surface area contributed by atoms with Crippen molar-refractivity contribution in [2.24, 2.45) is 0 Å². The van der Waals surface area contributed by atoms with Crippen LogP contribution in [0.1, 0.15) is 5.56 Å². The van der Waals surface area contributed by atoms with Gasteiger partial charge in [-0.15, -0.1) is 0 Å². The molecule has 0 N–H and O–H groups in total. The number of alkyl halides is 3. The Labute approximate surface area is 178 Å². The summed E-state index contributed by atoms with van der Waals surface area (Å²) in [6.45, 7) is 0. The first-order chi connectivity index (χ1) is 13.8. The number of anilines is 1. The monoisotopic (exact) mass is 458 g/mol. The van der Waals surface area contributed by atoms with E-state index in [4.69, 9.17) is 16.3 Å². The van der Waals surface area contributed by atoms with Gasteiger partial charge in [0.15, 0.2) is 5.82 Å². The molecule has 0 aliphatic heterocycles. The first-order valence-corrected chi connectivity index (χ1v) is 10.8. The van der Waals surface area contributed by atoms with E-state index < -0.39 is 11.7 Å². The van der Waals surface area contributed by atoms with E-state index >= 15 is 0 Å². The van der Waals surface area contributed by atoms with E-state index in [2.05, 4.69) is 15.0 Å². The summed E-state index contributed by atoms with van der Waals surface area (Å²) in [5.41, 5.74) is 0.173. The maximum absolute atomic E-state index is 12.7. The molecule has 29 heavy (non-hydrogen) atoms. The van der Waals surface area contributed by atoms with Crippen LogP contribution in [0.25, 0.3) is 11.3 Å². The molecular formula is C18H14ClF3N4OS2. The molecule has 2 aromatic heterocycles. The summed E-state index contributed by atoms with van der Waals surface area (Å²) in [6, 6.07) is 6.03. The fraction of sp³-hybridized carbons (Fsp3) is 0.167. The third-order valence-electron chi connectivity index (χ3n) is 3.66. The zero-order valence-corrected chi connectivity index (χ0v) is 17.5. The lowest BCUT2D eigenvalue weighted by molar-refractivity contribution is -0.137. The lowest BCUT2D eigenvalue weighted by Gasteiger charge is -2.18. The highest BCUT2D eigenvalue weighted by atomic mass is 35.5. The summed E-state index contributed by atoms with van der Waals surface area (Å²) in [7, 11) is 0. The van der Waals surface area contributed by atoms with Gasteiger partial charge in [-0.25, -0.2) is 18.7 Å². The van der Waals surface area contributed by atoms with Crippen LogP contribution in [-0.4, -0.2) is 27.5 Å². The average molecular weight is 459 g/mol. The van der Waals surface area contributed by atoms with Gasteiger partial charge in [0.1, 0.15) is 11.4 Å². The van der Waals surface area contributed by atoms with Crippen LogP contribution < -0.4 is 8.45 Å². The van der Waals surface area contributed by atoms with Gasteiger partial charge in [-0.2, -0.15) is 13.2 Å². The first kappa shape index (κ1) is 21.5. The Balaban J connectivity index is 1.90. The third kappa shape index (κ3) is 5.06. The van der Waals surface area contributed by atoms with Gasteiger partial charge >= 0.3 is 6.18 Å². The number of ether oxygens (including phenoxy) is 1. The summed E-state index contributed by atoms with van der Waals surface area (Å²) in [5.74, 6) is 0.917. The number of halogens is 4. The number of benzene rings is 1. The normalized spacial score (nSPS) is 11.4. The van der Waals surface area contributed by atoms with Gasteiger partial charge in [0.25, 0.3) is 0 Å². The Morgan fingerprint density at radius 2 is 1.66 bits per heavy atom. The molecule has 0 aliphatic carbocycles. The molecule has 2 heterocycles. The third-order valence-corrected chi connectivity index (χ3v) is 5.84. The molecule has 1 aromatic carbocycles. The van der Waals surface area contributed by atoms with E-state index in [1.165, 1.54) is 48.4 Å². The van der Waals surface area contributed by atoms with Gasteiger partial charge in [0, 0.05) is 36.7 Å². The fourth-order valence-electron chi connectivity index (χ4n) is 2.36. The number of pyridine rings is 1. The molecule has 3 aromatic rings. The molecule has 0 radical (unpaired) electrons. The van der Waals surface area contributed by atoms with Crippen LogP contribution in [0.2, 0.25) is 5.02 Å². The molecule has 152 valence electrons. The van der Waals surface area contributed by atoms with Crippen molar-refractivity contribution in [3.63, 3.8) is 0 Å². The van der Waals surface area contributed by atoms with Crippen molar-refractivity contribution in [2.45, 2.75) is 6.18 Å². The van der Waals surface area contributed by atoms with Gasteiger partial charge < -0.3 is 4.74 Å². The van der Waals surface area contributed by atoms with Crippen molar-refractivity contribution >= 4 is 41.3 Å². The fourth-order valence-corrected chi connectivity index (χ4v) is 3.95. The maximum Gasteiger partial charge on any atom is 0.416 e. The first-order valence-electron chi connectivity index (χ1n) is 8.04. The molecule has 5 nitrogen and oxygen atoms in total. The molecular weight excluding hydrogens is 445 g/mol. The van der Waals surface area contributed by atoms with Crippen LogP contribution in [0, 0.1) is 0 Å². The minimum atomic E-state index is -4.41. The van der Waals surface area contributed by atoms with Crippen molar-refractivity contribution in [3.8, 4) is 22.9 Å². The van der Waals surface area contributed by atoms with E-state index in [1.807, 2.05) is 16.2 Å². The highest BCUT2D eigenvalue weighted by Crippen LogP contribution is 2.37. The van der Waals surface area contributed by atoms with Crippen molar-refractivity contribution in [1.82, 2.24) is 15.0 Å². The Morgan fingerprint density at radius 1 is 1.00 bits per heavy atom. The van der Waals surface area contributed by atoms with Crippen LogP contribution in [0.4, 0.5) is 19.0 Å². The minimum Gasteiger partial charge on any atom is -0.437 e. The summed E-state index contributed by atoms with van der Waals surface area (Å²) in [6.07, 6.45) is 3.89. The highest BCUT2D eigenvalue weighted by Gasteiger charge is 2.30. The molecule has 0 amide bonds. The average Bonchev–Trinajstić information content (AvgIpc) is 2.70. The zero-order chi connectivity index (χ0) is 21.0. The molecule has 0 saturated heterocycles. The number of aromatic nitrogens is 3. The van der Waals surface area contributed by atoms with E-state index in [9.17, 15) is 13.2 Å². The molecule has 0 saturated carbocycles. The highest BCUT2D eigenvalue weighted by molar-refractivity contribution is 8.17. The van der Waals surface area contributed by atoms with Crippen LogP contribution in [0.5, 0.6) is 11.6 Å². The second-order valence-corrected chi connectivity index (χ2v) is 7.58. The Morgan fingerprint density at radius 3 is 2.24 bits per heavy atom. The van der Waals surface area contributed by atoms with Crippen molar-refractivity contribution in [3.05, 3.63) is 59.5 Å². The van der Waals surface area contributed by atoms with Gasteiger partial charge in [-0.3, -0.25) is 0 Å². The lowest BCUT2D eigenvalue weighted by Crippen LogP contribution is -2.05. The molecule has 0 fully saturated rings. The number of hydrogen-bond acceptors (Lipinski definition) is 7. The topological polar surface area (TPSA) is 51.1 Å². The summed E-state index contributed by atoms with van der Waals surface area (Å²) >= 11 is 9.30. The summed E-state index contributed by atoms with van der Waals surface area (Å²) < 4.78 is 45.7. The smallest absolute Gasteiger partial charge is 0.416 e. The Bertz CT molecular complexity index is 986. The number of nitrogens with zero attached hydrogens (tertiary/aromatic N) is 4. The Kier molecular flexibility index (Phi) is 6.76. The largest absolute Gasteiger partial charge is 0.437 e. The quantitative estimate of drug-likeness (QED) is 0.398. The van der Waals surface area contributed by atoms with Gasteiger partial charge in [0.2, 0.25) is 5.88 Å². The van der Waals surface area contributed by atoms with E-state index in [0.717, 1.165) is 12.1 Å². The van der Waals surface area contributed by atoms with Gasteiger partial charge in [-0.05, 0) is 54.2 Å². The summed E-state index contributed by atoms with van der Waals surface area (Å²) in [4.78, 5) is 12.8. The van der Waals surface area contributed by atoms with Crippen LogP contribution in [0.3, 0.4) is 0 Å². The number of hydrogen-bond donors (Lipinski definition) is 0. The maximum atomic E-state index is 12.7. The van der Waals surface area contributed by atoms with Crippen molar-refractivity contribution in [2.75, 3.05) is 16.2 Å². The molecule has 3 rings (SSSR count). The van der Waals surface area contributed by atoms with Gasteiger partial charge in [-0.1, -0.05) is 11.6 Å². The van der Waals surface area contributed by atoms with E-state index in [0.29, 0.717) is 22.1 Å². The predicted molar refractivity (Wildman–Crippen MR) is 111 cm³/mol. The van der Waals surface area contributed by atoms with Crippen molar-refractivity contribution in [1.29, 1.82) is 0 Å². The van der Waals surface area contributed by atoms with Crippen LogP contribution in [0.15, 0.2) is 48.9 Å². The van der Waals surface area contributed by atoms with Crippen LogP contribution >= 0.6 is 35.5 Å². The van der Waals surface area contributed by atoms with Crippen LogP contribution in [-0.2, 0) is 6.18 Å². The second kappa shape index (κ2) is 9.10. The molecule has 0 atom stereocenters. The molecule has 0 bridgehead atoms. The molecule has 0 unspecified atom stereocenters. The minimum absolute atomic E-state index is 0.129. The zero-order valence-electron chi connectivity index (χ0n) is 15.1. The lowest BCUT2D eigenvalue weighted by atomic mass is 10.2. The van der Waals surface area contributed by atoms with E-state index in [-0.39, 0.29) is 11.6 Å². The molecule has 11 heteroatoms. The van der Waals surface area contributed by atoms with Crippen molar-refractivity contribution < 1.29 is 17.9 Å². The molecule has 0 aliphatic rings. The van der Waals surface area contributed by atoms with Gasteiger partial charge in [0.05, 0.1) is 10.6 Å². The number of rotatable bonds is 6. The van der Waals surface area contributed by atoms with E-state index in [1.54, 1.807) is 12.3 Å². The SMILES string of the molecule is CSN(SC)c1ncc(-c2nccnc2Oc2ccc(C(F)(F)F)cc2)cc1Cl. The summed E-state index contributed by atoms with van der Waals surface area (Å²) in [5, 5.41) is 0.414. The predicted octanol–water partition coefficient (Wildman–Crippen LogP) is 6.37. The second-order valence-electron chi connectivity index (χ2n) is 5.49.